The zero-order valence-corrected chi connectivity index (χ0v) is 19.4. The summed E-state index contributed by atoms with van der Waals surface area (Å²) in [6.45, 7) is 5.12. The van der Waals surface area contributed by atoms with E-state index in [0.717, 1.165) is 13.3 Å². The van der Waals surface area contributed by atoms with Gasteiger partial charge in [-0.3, -0.25) is 19.2 Å². The molecule has 10 nitrogen and oxygen atoms in total. The van der Waals surface area contributed by atoms with Crippen LogP contribution in [0.4, 0.5) is 0 Å². The van der Waals surface area contributed by atoms with E-state index < -0.39 is 65.6 Å². The fourth-order valence-electron chi connectivity index (χ4n) is 6.75. The van der Waals surface area contributed by atoms with E-state index in [-0.39, 0.29) is 11.8 Å². The maximum Gasteiger partial charge on any atom is 0.314 e. The van der Waals surface area contributed by atoms with E-state index >= 15 is 0 Å². The standard InChI is InChI=1S/C23H32O10/c1-11-17(30-12(2)24)18(31-13(3)25)19(32-14(4)26)20(29-11)33-21(27)22-6-15-5-16(7-22)9-23(28,8-15)10-22/h11,15-20,28H,5-10H2,1-4H3/t11-,15-,16+,17-,18+,19+,20-,22?,23?/m0/s1. The zero-order valence-electron chi connectivity index (χ0n) is 19.4. The van der Waals surface area contributed by atoms with Crippen LogP contribution in [0.15, 0.2) is 0 Å². The lowest BCUT2D eigenvalue weighted by Gasteiger charge is -2.59. The highest BCUT2D eigenvalue weighted by molar-refractivity contribution is 5.78. The molecule has 5 aliphatic rings. The molecule has 10 heteroatoms. The summed E-state index contributed by atoms with van der Waals surface area (Å²) in [6.07, 6.45) is -1.80. The van der Waals surface area contributed by atoms with Crippen LogP contribution >= 0.6 is 0 Å². The number of ether oxygens (including phenoxy) is 5. The molecule has 2 unspecified atom stereocenters. The van der Waals surface area contributed by atoms with Gasteiger partial charge in [0.1, 0.15) is 0 Å². The van der Waals surface area contributed by atoms with Crippen LogP contribution in [0.1, 0.15) is 66.2 Å². The lowest BCUT2D eigenvalue weighted by molar-refractivity contribution is -0.299. The summed E-state index contributed by atoms with van der Waals surface area (Å²) in [4.78, 5) is 48.8. The summed E-state index contributed by atoms with van der Waals surface area (Å²) in [5.41, 5.74) is -1.68. The minimum Gasteiger partial charge on any atom is -0.456 e. The average Bonchev–Trinajstić information content (AvgIpc) is 2.64. The van der Waals surface area contributed by atoms with Crippen molar-refractivity contribution in [2.75, 3.05) is 0 Å². The molecule has 4 aliphatic carbocycles. The van der Waals surface area contributed by atoms with E-state index in [1.807, 2.05) is 0 Å². The molecule has 9 atom stereocenters. The van der Waals surface area contributed by atoms with Crippen molar-refractivity contribution < 1.29 is 48.0 Å². The molecule has 0 spiro atoms. The highest BCUT2D eigenvalue weighted by Crippen LogP contribution is 2.62. The van der Waals surface area contributed by atoms with Crippen LogP contribution < -0.4 is 0 Å². The Kier molecular flexibility index (Phi) is 6.20. The van der Waals surface area contributed by atoms with Crippen LogP contribution in [0.2, 0.25) is 0 Å². The van der Waals surface area contributed by atoms with E-state index in [0.29, 0.717) is 32.1 Å². The van der Waals surface area contributed by atoms with Crippen molar-refractivity contribution in [2.45, 2.75) is 103 Å². The van der Waals surface area contributed by atoms with E-state index in [2.05, 4.69) is 0 Å². The molecule has 1 N–H and O–H groups in total. The van der Waals surface area contributed by atoms with Gasteiger partial charge in [0.15, 0.2) is 12.2 Å². The summed E-state index contributed by atoms with van der Waals surface area (Å²) < 4.78 is 27.6. The second-order valence-electron chi connectivity index (χ2n) is 10.3. The molecule has 0 aromatic rings. The van der Waals surface area contributed by atoms with E-state index in [4.69, 9.17) is 23.7 Å². The van der Waals surface area contributed by atoms with Crippen LogP contribution in [-0.2, 0) is 42.9 Å². The van der Waals surface area contributed by atoms with Gasteiger partial charge in [-0.05, 0) is 57.3 Å². The van der Waals surface area contributed by atoms with Crippen LogP contribution in [0.25, 0.3) is 0 Å². The molecule has 1 heterocycles. The van der Waals surface area contributed by atoms with Gasteiger partial charge >= 0.3 is 23.9 Å². The van der Waals surface area contributed by atoms with Gasteiger partial charge < -0.3 is 28.8 Å². The first kappa shape index (κ1) is 23.9. The smallest absolute Gasteiger partial charge is 0.314 e. The van der Waals surface area contributed by atoms with Crippen molar-refractivity contribution in [3.05, 3.63) is 0 Å². The maximum atomic E-state index is 13.5. The van der Waals surface area contributed by atoms with Crippen LogP contribution in [0.3, 0.4) is 0 Å². The van der Waals surface area contributed by atoms with Gasteiger partial charge in [0.25, 0.3) is 0 Å². The first-order valence-corrected chi connectivity index (χ1v) is 11.5. The monoisotopic (exact) mass is 468 g/mol. The minimum atomic E-state index is -1.37. The topological polar surface area (TPSA) is 135 Å². The SMILES string of the molecule is CC(=O)O[C@@H]1[C@@H](OC(C)=O)[C@H](C)O[C@@H](OC(=O)C23C[C@@H]4C[C@@H](CC(O)(C4)C2)C3)[C@@H]1OC(C)=O. The second-order valence-corrected chi connectivity index (χ2v) is 10.3. The molecule has 5 rings (SSSR count). The average molecular weight is 468 g/mol. The van der Waals surface area contributed by atoms with Gasteiger partial charge in [-0.2, -0.15) is 0 Å². The lowest BCUT2D eigenvalue weighted by Crippen LogP contribution is -2.63. The largest absolute Gasteiger partial charge is 0.456 e. The molecule has 1 saturated heterocycles. The number of hydrogen-bond acceptors (Lipinski definition) is 10. The van der Waals surface area contributed by atoms with Crippen LogP contribution in [0, 0.1) is 17.3 Å². The van der Waals surface area contributed by atoms with Gasteiger partial charge in [0.05, 0.1) is 17.1 Å². The third kappa shape index (κ3) is 4.73. The molecule has 184 valence electrons. The fraction of sp³-hybridized carbons (Fsp3) is 0.826. The number of hydrogen-bond donors (Lipinski definition) is 1. The van der Waals surface area contributed by atoms with Gasteiger partial charge in [-0.1, -0.05) is 0 Å². The highest BCUT2D eigenvalue weighted by Gasteiger charge is 2.62. The number of aliphatic hydroxyl groups is 1. The Morgan fingerprint density at radius 3 is 1.82 bits per heavy atom. The lowest BCUT2D eigenvalue weighted by atomic mass is 9.48. The van der Waals surface area contributed by atoms with Crippen molar-refractivity contribution in [3.8, 4) is 0 Å². The van der Waals surface area contributed by atoms with E-state index in [1.165, 1.54) is 13.8 Å². The van der Waals surface area contributed by atoms with Crippen molar-refractivity contribution >= 4 is 23.9 Å². The normalized spacial score (nSPS) is 43.5. The molecular weight excluding hydrogens is 436 g/mol. The predicted molar refractivity (Wildman–Crippen MR) is 109 cm³/mol. The van der Waals surface area contributed by atoms with Gasteiger partial charge in [-0.25, -0.2) is 0 Å². The zero-order chi connectivity index (χ0) is 24.1. The summed E-state index contributed by atoms with van der Waals surface area (Å²) in [5.74, 6) is -2.01. The maximum absolute atomic E-state index is 13.5. The predicted octanol–water partition coefficient (Wildman–Crippen LogP) is 1.40. The third-order valence-corrected chi connectivity index (χ3v) is 7.32. The van der Waals surface area contributed by atoms with Gasteiger partial charge in [0, 0.05) is 20.8 Å². The molecule has 4 bridgehead atoms. The summed E-state index contributed by atoms with van der Waals surface area (Å²) in [5, 5.41) is 11.0. The van der Waals surface area contributed by atoms with E-state index in [9.17, 15) is 24.3 Å². The quantitative estimate of drug-likeness (QED) is 0.466. The Morgan fingerprint density at radius 1 is 0.788 bits per heavy atom. The molecule has 0 aromatic heterocycles. The molecule has 33 heavy (non-hydrogen) atoms. The Bertz CT molecular complexity index is 823. The molecule has 0 radical (unpaired) electrons. The van der Waals surface area contributed by atoms with Crippen LogP contribution in [-0.4, -0.2) is 65.3 Å². The molecule has 0 amide bonds. The number of carbonyl (C=O) groups is 4. The summed E-state index contributed by atoms with van der Waals surface area (Å²) in [6, 6.07) is 0. The first-order valence-electron chi connectivity index (χ1n) is 11.5. The number of rotatable bonds is 5. The molecule has 1 aliphatic heterocycles. The Labute approximate surface area is 192 Å². The van der Waals surface area contributed by atoms with Crippen molar-refractivity contribution in [1.29, 1.82) is 0 Å². The van der Waals surface area contributed by atoms with Crippen molar-refractivity contribution in [3.63, 3.8) is 0 Å². The molecule has 4 saturated carbocycles. The molecule has 5 fully saturated rings. The van der Waals surface area contributed by atoms with Crippen molar-refractivity contribution in [1.82, 2.24) is 0 Å². The van der Waals surface area contributed by atoms with Gasteiger partial charge in [0.2, 0.25) is 12.4 Å². The highest BCUT2D eigenvalue weighted by atomic mass is 16.7. The summed E-state index contributed by atoms with van der Waals surface area (Å²) in [7, 11) is 0. The number of carbonyl (C=O) groups excluding carboxylic acids is 4. The summed E-state index contributed by atoms with van der Waals surface area (Å²) >= 11 is 0. The first-order chi connectivity index (χ1) is 15.4. The van der Waals surface area contributed by atoms with Crippen LogP contribution in [0.5, 0.6) is 0 Å². The fourth-order valence-corrected chi connectivity index (χ4v) is 6.75. The van der Waals surface area contributed by atoms with Crippen molar-refractivity contribution in [2.24, 2.45) is 17.3 Å². The Balaban J connectivity index is 1.59. The second kappa shape index (κ2) is 8.54. The van der Waals surface area contributed by atoms with Gasteiger partial charge in [-0.15, -0.1) is 0 Å². The number of esters is 4. The minimum absolute atomic E-state index is 0.265. The van der Waals surface area contributed by atoms with E-state index in [1.54, 1.807) is 6.92 Å². The Morgan fingerprint density at radius 2 is 1.30 bits per heavy atom. The molecule has 0 aromatic carbocycles. The Hall–Kier alpha value is -2.20. The third-order valence-electron chi connectivity index (χ3n) is 7.32. The molecular formula is C23H32O10.